The lowest BCUT2D eigenvalue weighted by molar-refractivity contribution is 0.102. The summed E-state index contributed by atoms with van der Waals surface area (Å²) in [6, 6.07) is 6.14. The monoisotopic (exact) mass is 262 g/mol. The fourth-order valence-corrected chi connectivity index (χ4v) is 3.86. The van der Waals surface area contributed by atoms with Crippen molar-refractivity contribution in [1.29, 1.82) is 0 Å². The Morgan fingerprint density at radius 3 is 2.33 bits per heavy atom. The molecule has 1 aliphatic carbocycles. The molecule has 0 aromatic heterocycles. The molecule has 0 unspecified atom stereocenters. The first kappa shape index (κ1) is 13.7. The molecule has 1 aromatic rings. The number of carbonyl (C=O) groups is 1. The number of rotatable bonds is 4. The summed E-state index contributed by atoms with van der Waals surface area (Å²) in [5, 5.41) is 0.716. The van der Waals surface area contributed by atoms with Crippen LogP contribution in [0.2, 0.25) is 0 Å². The number of benzene rings is 1. The predicted octanol–water partition coefficient (Wildman–Crippen LogP) is 4.55. The van der Waals surface area contributed by atoms with Gasteiger partial charge < -0.3 is 0 Å². The number of hydrogen-bond donors (Lipinski definition) is 0. The van der Waals surface area contributed by atoms with Crippen molar-refractivity contribution in [1.82, 2.24) is 0 Å². The largest absolute Gasteiger partial charge is 0.293 e. The minimum absolute atomic E-state index is 0.289. The highest BCUT2D eigenvalue weighted by Gasteiger charge is 2.16. The van der Waals surface area contributed by atoms with Crippen LogP contribution < -0.4 is 0 Å². The van der Waals surface area contributed by atoms with Crippen LogP contribution in [0.15, 0.2) is 18.2 Å². The summed E-state index contributed by atoms with van der Waals surface area (Å²) in [4.78, 5) is 12.2. The molecule has 0 amide bonds. The average molecular weight is 262 g/mol. The van der Waals surface area contributed by atoms with Crippen LogP contribution in [0.5, 0.6) is 0 Å². The molecule has 0 atom stereocenters. The van der Waals surface area contributed by atoms with E-state index in [9.17, 15) is 4.79 Å². The van der Waals surface area contributed by atoms with Gasteiger partial charge in [-0.2, -0.15) is 11.8 Å². The van der Waals surface area contributed by atoms with E-state index < -0.39 is 0 Å². The van der Waals surface area contributed by atoms with Crippen LogP contribution in [0, 0.1) is 13.8 Å². The van der Waals surface area contributed by atoms with E-state index in [0.717, 1.165) is 5.56 Å². The van der Waals surface area contributed by atoms with E-state index in [1.807, 2.05) is 23.9 Å². The molecular formula is C16H22OS. The van der Waals surface area contributed by atoms with Crippen molar-refractivity contribution in [2.24, 2.45) is 0 Å². The van der Waals surface area contributed by atoms with E-state index in [1.54, 1.807) is 0 Å². The highest BCUT2D eigenvalue weighted by atomic mass is 32.2. The highest BCUT2D eigenvalue weighted by Crippen LogP contribution is 2.28. The summed E-state index contributed by atoms with van der Waals surface area (Å²) >= 11 is 1.86. The smallest absolute Gasteiger partial charge is 0.172 e. The number of thioether (sulfide) groups is 1. The molecular weight excluding hydrogens is 240 g/mol. The zero-order valence-electron chi connectivity index (χ0n) is 11.4. The molecule has 0 spiro atoms. The lowest BCUT2D eigenvalue weighted by Gasteiger charge is -2.20. The number of ketones is 1. The van der Waals surface area contributed by atoms with Gasteiger partial charge in [-0.05, 0) is 38.8 Å². The Hall–Kier alpha value is -0.760. The van der Waals surface area contributed by atoms with Gasteiger partial charge >= 0.3 is 0 Å². The molecule has 1 saturated carbocycles. The molecule has 1 fully saturated rings. The standard InChI is InChI=1S/C16H22OS/c1-12-8-13(2)10-14(9-12)16(17)11-18-15-6-4-3-5-7-15/h8-10,15H,3-7,11H2,1-2H3. The number of hydrogen-bond acceptors (Lipinski definition) is 2. The molecule has 0 bridgehead atoms. The Labute approximate surface area is 114 Å². The van der Waals surface area contributed by atoms with Gasteiger partial charge in [0.25, 0.3) is 0 Å². The molecule has 18 heavy (non-hydrogen) atoms. The van der Waals surface area contributed by atoms with E-state index in [0.29, 0.717) is 11.0 Å². The van der Waals surface area contributed by atoms with Gasteiger partial charge in [0.2, 0.25) is 0 Å². The predicted molar refractivity (Wildman–Crippen MR) is 79.6 cm³/mol. The maximum Gasteiger partial charge on any atom is 0.172 e. The SMILES string of the molecule is Cc1cc(C)cc(C(=O)CSC2CCCCC2)c1. The summed E-state index contributed by atoms with van der Waals surface area (Å²) in [7, 11) is 0. The normalized spacial score (nSPS) is 16.8. The van der Waals surface area contributed by atoms with Gasteiger partial charge in [-0.1, -0.05) is 36.5 Å². The van der Waals surface area contributed by atoms with Gasteiger partial charge in [0.15, 0.2) is 5.78 Å². The van der Waals surface area contributed by atoms with E-state index in [2.05, 4.69) is 19.9 Å². The molecule has 1 aromatic carbocycles. The lowest BCUT2D eigenvalue weighted by Crippen LogP contribution is -2.12. The fraction of sp³-hybridized carbons (Fsp3) is 0.562. The van der Waals surface area contributed by atoms with E-state index in [1.165, 1.54) is 43.2 Å². The van der Waals surface area contributed by atoms with Gasteiger partial charge in [0, 0.05) is 10.8 Å². The summed E-state index contributed by atoms with van der Waals surface area (Å²) in [5.41, 5.74) is 3.25. The Bertz CT molecular complexity index is 399. The second kappa shape index (κ2) is 6.42. The van der Waals surface area contributed by atoms with Crippen molar-refractivity contribution in [3.8, 4) is 0 Å². The van der Waals surface area contributed by atoms with Crippen molar-refractivity contribution in [2.75, 3.05) is 5.75 Å². The van der Waals surface area contributed by atoms with E-state index in [4.69, 9.17) is 0 Å². The lowest BCUT2D eigenvalue weighted by atomic mass is 10.0. The van der Waals surface area contributed by atoms with Gasteiger partial charge in [0.05, 0.1) is 5.75 Å². The van der Waals surface area contributed by atoms with Crippen molar-refractivity contribution in [2.45, 2.75) is 51.2 Å². The number of aryl methyl sites for hydroxylation is 2. The first-order valence-corrected chi connectivity index (χ1v) is 7.93. The Balaban J connectivity index is 1.90. The molecule has 0 heterocycles. The average Bonchev–Trinajstić information content (AvgIpc) is 2.36. The zero-order chi connectivity index (χ0) is 13.0. The number of Topliss-reactive ketones (excluding diaryl/α,β-unsaturated/α-hetero) is 1. The summed E-state index contributed by atoms with van der Waals surface area (Å²) < 4.78 is 0. The second-order valence-corrected chi connectivity index (χ2v) is 6.66. The van der Waals surface area contributed by atoms with E-state index in [-0.39, 0.29) is 5.78 Å². The molecule has 0 aliphatic heterocycles. The fourth-order valence-electron chi connectivity index (χ4n) is 2.64. The molecule has 2 heteroatoms. The quantitative estimate of drug-likeness (QED) is 0.740. The van der Waals surface area contributed by atoms with Gasteiger partial charge in [-0.15, -0.1) is 0 Å². The topological polar surface area (TPSA) is 17.1 Å². The molecule has 0 radical (unpaired) electrons. The molecule has 1 aliphatic rings. The Morgan fingerprint density at radius 2 is 1.72 bits per heavy atom. The first-order valence-electron chi connectivity index (χ1n) is 6.88. The third kappa shape index (κ3) is 3.88. The third-order valence-electron chi connectivity index (χ3n) is 3.55. The highest BCUT2D eigenvalue weighted by molar-refractivity contribution is 8.00. The Morgan fingerprint density at radius 1 is 1.11 bits per heavy atom. The molecule has 98 valence electrons. The summed E-state index contributed by atoms with van der Waals surface area (Å²) in [5.74, 6) is 0.936. The van der Waals surface area contributed by atoms with Crippen LogP contribution in [0.1, 0.15) is 53.6 Å². The van der Waals surface area contributed by atoms with Crippen LogP contribution in [0.4, 0.5) is 0 Å². The van der Waals surface area contributed by atoms with Crippen LogP contribution in [0.3, 0.4) is 0 Å². The van der Waals surface area contributed by atoms with Crippen LogP contribution in [0.25, 0.3) is 0 Å². The Kier molecular flexibility index (Phi) is 4.87. The maximum absolute atomic E-state index is 12.2. The number of carbonyl (C=O) groups excluding carboxylic acids is 1. The molecule has 1 nitrogen and oxygen atoms in total. The van der Waals surface area contributed by atoms with Gasteiger partial charge in [-0.3, -0.25) is 4.79 Å². The van der Waals surface area contributed by atoms with Gasteiger partial charge in [0.1, 0.15) is 0 Å². The van der Waals surface area contributed by atoms with Crippen molar-refractivity contribution >= 4 is 17.5 Å². The second-order valence-electron chi connectivity index (χ2n) is 5.37. The minimum Gasteiger partial charge on any atom is -0.293 e. The zero-order valence-corrected chi connectivity index (χ0v) is 12.2. The summed E-state index contributed by atoms with van der Waals surface area (Å²) in [6.45, 7) is 4.11. The van der Waals surface area contributed by atoms with Crippen LogP contribution in [-0.2, 0) is 0 Å². The van der Waals surface area contributed by atoms with Crippen molar-refractivity contribution < 1.29 is 4.79 Å². The summed E-state index contributed by atoms with van der Waals surface area (Å²) in [6.07, 6.45) is 6.66. The molecule has 0 N–H and O–H groups in total. The van der Waals surface area contributed by atoms with Crippen molar-refractivity contribution in [3.05, 3.63) is 34.9 Å². The van der Waals surface area contributed by atoms with Crippen molar-refractivity contribution in [3.63, 3.8) is 0 Å². The van der Waals surface area contributed by atoms with Gasteiger partial charge in [-0.25, -0.2) is 0 Å². The minimum atomic E-state index is 0.289. The maximum atomic E-state index is 12.2. The van der Waals surface area contributed by atoms with Crippen LogP contribution >= 0.6 is 11.8 Å². The molecule has 2 rings (SSSR count). The first-order chi connectivity index (χ1) is 8.65. The van der Waals surface area contributed by atoms with E-state index >= 15 is 0 Å². The third-order valence-corrected chi connectivity index (χ3v) is 4.92. The molecule has 0 saturated heterocycles. The van der Waals surface area contributed by atoms with Crippen LogP contribution in [-0.4, -0.2) is 16.8 Å².